The Morgan fingerprint density at radius 3 is 3.00 bits per heavy atom. The highest BCUT2D eigenvalue weighted by molar-refractivity contribution is 6.29. The summed E-state index contributed by atoms with van der Waals surface area (Å²) in [5.74, 6) is 0.771. The molecule has 0 unspecified atom stereocenters. The molecule has 0 radical (unpaired) electrons. The van der Waals surface area contributed by atoms with Gasteiger partial charge in [0, 0.05) is 31.5 Å². The van der Waals surface area contributed by atoms with Gasteiger partial charge in [0.05, 0.1) is 6.33 Å². The predicted octanol–water partition coefficient (Wildman–Crippen LogP) is 2.22. The number of aromatic nitrogens is 4. The van der Waals surface area contributed by atoms with Crippen molar-refractivity contribution in [2.24, 2.45) is 0 Å². The fourth-order valence-corrected chi connectivity index (χ4v) is 1.63. The van der Waals surface area contributed by atoms with Gasteiger partial charge in [-0.2, -0.15) is 0 Å². The maximum Gasteiger partial charge on any atom is 0.134 e. The molecule has 2 aromatic rings. The lowest BCUT2D eigenvalue weighted by molar-refractivity contribution is 0.620. The van der Waals surface area contributed by atoms with Crippen molar-refractivity contribution in [3.8, 4) is 0 Å². The van der Waals surface area contributed by atoms with Crippen molar-refractivity contribution in [3.05, 3.63) is 36.3 Å². The minimum absolute atomic E-state index is 0.459. The van der Waals surface area contributed by atoms with Crippen LogP contribution in [0.25, 0.3) is 0 Å². The Morgan fingerprint density at radius 2 is 2.24 bits per heavy atom. The van der Waals surface area contributed by atoms with Crippen LogP contribution in [0.1, 0.15) is 12.8 Å². The van der Waals surface area contributed by atoms with Crippen molar-refractivity contribution < 1.29 is 0 Å². The minimum Gasteiger partial charge on any atom is -0.370 e. The largest absolute Gasteiger partial charge is 0.370 e. The molecule has 2 aromatic heterocycles. The summed E-state index contributed by atoms with van der Waals surface area (Å²) in [6, 6.07) is 1.72. The van der Waals surface area contributed by atoms with E-state index in [2.05, 4.69) is 24.8 Å². The Hall–Kier alpha value is -1.62. The number of anilines is 1. The van der Waals surface area contributed by atoms with Crippen LogP contribution in [0.3, 0.4) is 0 Å². The molecule has 5 nitrogen and oxygen atoms in total. The van der Waals surface area contributed by atoms with Gasteiger partial charge in [0.15, 0.2) is 0 Å². The van der Waals surface area contributed by atoms with Crippen LogP contribution in [0.15, 0.2) is 31.1 Å². The smallest absolute Gasteiger partial charge is 0.134 e. The standard InChI is InChI=1S/C11H14ClN5/c12-10-7-11(16-8-15-10)14-3-1-2-5-17-6-4-13-9-17/h4,6-9H,1-3,5H2,(H,14,15,16). The average molecular weight is 252 g/mol. The molecule has 0 aliphatic heterocycles. The van der Waals surface area contributed by atoms with Gasteiger partial charge in [-0.3, -0.25) is 0 Å². The monoisotopic (exact) mass is 251 g/mol. The zero-order valence-corrected chi connectivity index (χ0v) is 10.1. The van der Waals surface area contributed by atoms with Crippen LogP contribution in [-0.2, 0) is 6.54 Å². The van der Waals surface area contributed by atoms with Crippen LogP contribution in [0.2, 0.25) is 5.15 Å². The van der Waals surface area contributed by atoms with Crippen LogP contribution in [0, 0.1) is 0 Å². The van der Waals surface area contributed by atoms with Crippen LogP contribution in [-0.4, -0.2) is 26.1 Å². The zero-order chi connectivity index (χ0) is 11.9. The number of hydrogen-bond acceptors (Lipinski definition) is 4. The molecule has 0 amide bonds. The second-order valence-corrected chi connectivity index (χ2v) is 4.05. The third-order valence-corrected chi connectivity index (χ3v) is 2.55. The van der Waals surface area contributed by atoms with Gasteiger partial charge in [0.1, 0.15) is 17.3 Å². The summed E-state index contributed by atoms with van der Waals surface area (Å²) in [6.07, 6.45) is 9.22. The molecule has 0 aliphatic rings. The Labute approximate surface area is 105 Å². The van der Waals surface area contributed by atoms with Crippen molar-refractivity contribution >= 4 is 17.4 Å². The van der Waals surface area contributed by atoms with E-state index in [1.165, 1.54) is 6.33 Å². The fraction of sp³-hybridized carbons (Fsp3) is 0.364. The summed E-state index contributed by atoms with van der Waals surface area (Å²) in [7, 11) is 0. The maximum absolute atomic E-state index is 5.75. The number of halogens is 1. The van der Waals surface area contributed by atoms with E-state index in [1.54, 1.807) is 12.3 Å². The van der Waals surface area contributed by atoms with E-state index in [1.807, 2.05) is 12.5 Å². The number of imidazole rings is 1. The van der Waals surface area contributed by atoms with Crippen molar-refractivity contribution in [2.75, 3.05) is 11.9 Å². The second-order valence-electron chi connectivity index (χ2n) is 3.66. The summed E-state index contributed by atoms with van der Waals surface area (Å²) >= 11 is 5.75. The number of unbranched alkanes of at least 4 members (excludes halogenated alkanes) is 1. The van der Waals surface area contributed by atoms with Gasteiger partial charge in [-0.15, -0.1) is 0 Å². The molecule has 0 aliphatic carbocycles. The zero-order valence-electron chi connectivity index (χ0n) is 9.38. The van der Waals surface area contributed by atoms with E-state index in [0.29, 0.717) is 5.15 Å². The lowest BCUT2D eigenvalue weighted by atomic mass is 10.3. The van der Waals surface area contributed by atoms with Gasteiger partial charge in [0.2, 0.25) is 0 Å². The molecular weight excluding hydrogens is 238 g/mol. The highest BCUT2D eigenvalue weighted by atomic mass is 35.5. The Balaban J connectivity index is 1.63. The van der Waals surface area contributed by atoms with Gasteiger partial charge in [-0.1, -0.05) is 11.6 Å². The summed E-state index contributed by atoms with van der Waals surface area (Å²) in [4.78, 5) is 11.9. The Kier molecular flexibility index (Phi) is 4.32. The topological polar surface area (TPSA) is 55.6 Å². The molecule has 0 atom stereocenters. The van der Waals surface area contributed by atoms with Gasteiger partial charge in [-0.05, 0) is 12.8 Å². The lowest BCUT2D eigenvalue weighted by Gasteiger charge is -2.05. The molecule has 0 spiro atoms. The van der Waals surface area contributed by atoms with E-state index in [4.69, 9.17) is 11.6 Å². The van der Waals surface area contributed by atoms with Gasteiger partial charge < -0.3 is 9.88 Å². The predicted molar refractivity (Wildman–Crippen MR) is 67.0 cm³/mol. The molecule has 0 fully saturated rings. The number of nitrogens with zero attached hydrogens (tertiary/aromatic N) is 4. The highest BCUT2D eigenvalue weighted by Gasteiger charge is 1.95. The Bertz CT molecular complexity index is 443. The molecule has 0 aromatic carbocycles. The average Bonchev–Trinajstić information content (AvgIpc) is 2.82. The van der Waals surface area contributed by atoms with E-state index >= 15 is 0 Å². The summed E-state index contributed by atoms with van der Waals surface area (Å²) < 4.78 is 2.07. The molecular formula is C11H14ClN5. The van der Waals surface area contributed by atoms with Crippen LogP contribution < -0.4 is 5.32 Å². The molecule has 17 heavy (non-hydrogen) atoms. The third-order valence-electron chi connectivity index (χ3n) is 2.34. The van der Waals surface area contributed by atoms with Crippen molar-refractivity contribution in [2.45, 2.75) is 19.4 Å². The quantitative estimate of drug-likeness (QED) is 0.632. The van der Waals surface area contributed by atoms with Gasteiger partial charge in [-0.25, -0.2) is 15.0 Å². The minimum atomic E-state index is 0.459. The van der Waals surface area contributed by atoms with Crippen LogP contribution >= 0.6 is 11.6 Å². The lowest BCUT2D eigenvalue weighted by Crippen LogP contribution is -2.05. The molecule has 2 heterocycles. The number of rotatable bonds is 6. The van der Waals surface area contributed by atoms with E-state index < -0.39 is 0 Å². The summed E-state index contributed by atoms with van der Waals surface area (Å²) in [6.45, 7) is 1.87. The second kappa shape index (κ2) is 6.20. The fourth-order valence-electron chi connectivity index (χ4n) is 1.49. The SMILES string of the molecule is Clc1cc(NCCCCn2ccnc2)ncn1. The third kappa shape index (κ3) is 4.03. The summed E-state index contributed by atoms with van der Waals surface area (Å²) in [5.41, 5.74) is 0. The first-order chi connectivity index (χ1) is 8.34. The maximum atomic E-state index is 5.75. The van der Waals surface area contributed by atoms with E-state index in [9.17, 15) is 0 Å². The first kappa shape index (κ1) is 11.9. The van der Waals surface area contributed by atoms with Gasteiger partial charge >= 0.3 is 0 Å². The Morgan fingerprint density at radius 1 is 1.29 bits per heavy atom. The van der Waals surface area contributed by atoms with Crippen LogP contribution in [0.5, 0.6) is 0 Å². The molecule has 2 rings (SSSR count). The highest BCUT2D eigenvalue weighted by Crippen LogP contribution is 2.08. The molecule has 1 N–H and O–H groups in total. The number of aryl methyl sites for hydroxylation is 1. The summed E-state index contributed by atoms with van der Waals surface area (Å²) in [5, 5.41) is 3.66. The number of hydrogen-bond donors (Lipinski definition) is 1. The van der Waals surface area contributed by atoms with Crippen molar-refractivity contribution in [3.63, 3.8) is 0 Å². The van der Waals surface area contributed by atoms with Crippen molar-refractivity contribution in [1.29, 1.82) is 0 Å². The van der Waals surface area contributed by atoms with Crippen LogP contribution in [0.4, 0.5) is 5.82 Å². The van der Waals surface area contributed by atoms with Crippen molar-refractivity contribution in [1.82, 2.24) is 19.5 Å². The first-order valence-electron chi connectivity index (χ1n) is 5.52. The molecule has 6 heteroatoms. The number of nitrogens with one attached hydrogen (secondary N) is 1. The molecule has 0 bridgehead atoms. The molecule has 90 valence electrons. The first-order valence-corrected chi connectivity index (χ1v) is 5.89. The van der Waals surface area contributed by atoms with E-state index in [0.717, 1.165) is 31.7 Å². The molecule has 0 saturated carbocycles. The normalized spacial score (nSPS) is 10.4. The van der Waals surface area contributed by atoms with Gasteiger partial charge in [0.25, 0.3) is 0 Å². The molecule has 0 saturated heterocycles. The van der Waals surface area contributed by atoms with E-state index in [-0.39, 0.29) is 0 Å².